The molecule has 1 aliphatic rings. The van der Waals surface area contributed by atoms with Gasteiger partial charge in [-0.25, -0.2) is 0 Å². The van der Waals surface area contributed by atoms with Gasteiger partial charge in [0.05, 0.1) is 0 Å². The van der Waals surface area contributed by atoms with Gasteiger partial charge in [0, 0.05) is 31.6 Å². The molecule has 0 aliphatic carbocycles. The number of carbonyl (C=O) groups is 2. The summed E-state index contributed by atoms with van der Waals surface area (Å²) in [4.78, 5) is 24.1. The van der Waals surface area contributed by atoms with Gasteiger partial charge in [0.2, 0.25) is 11.8 Å². The largest absolute Gasteiger partial charge is 0.370 e. The third-order valence-electron chi connectivity index (χ3n) is 3.30. The van der Waals surface area contributed by atoms with Crippen molar-refractivity contribution in [2.75, 3.05) is 11.9 Å². The molecule has 1 aliphatic heterocycles. The molecule has 1 aromatic rings. The maximum Gasteiger partial charge on any atom is 0.227 e. The van der Waals surface area contributed by atoms with Gasteiger partial charge in [0.1, 0.15) is 0 Å². The molecule has 0 radical (unpaired) electrons. The summed E-state index contributed by atoms with van der Waals surface area (Å²) < 4.78 is 0. The molecule has 4 N–H and O–H groups in total. The molecule has 1 aromatic carbocycles. The van der Waals surface area contributed by atoms with Gasteiger partial charge in [0.15, 0.2) is 0 Å². The summed E-state index contributed by atoms with van der Waals surface area (Å²) in [5.74, 6) is -0.288. The van der Waals surface area contributed by atoms with Crippen LogP contribution in [0.3, 0.4) is 0 Å². The number of nitrogens with zero attached hydrogens (tertiary/aromatic N) is 1. The van der Waals surface area contributed by atoms with Crippen LogP contribution in [0.25, 0.3) is 0 Å². The molecule has 0 saturated heterocycles. The smallest absolute Gasteiger partial charge is 0.227 e. The summed E-state index contributed by atoms with van der Waals surface area (Å²) in [6.45, 7) is 0. The third-order valence-corrected chi connectivity index (χ3v) is 3.30. The van der Waals surface area contributed by atoms with Gasteiger partial charge in [-0.15, -0.1) is 0 Å². The molecule has 1 atom stereocenters. The van der Waals surface area contributed by atoms with Gasteiger partial charge in [-0.1, -0.05) is 12.1 Å². The molecule has 1 unspecified atom stereocenters. The average Bonchev–Trinajstić information content (AvgIpc) is 2.32. The van der Waals surface area contributed by atoms with Crippen LogP contribution < -0.4 is 16.4 Å². The predicted octanol–water partition coefficient (Wildman–Crippen LogP) is 0.471. The van der Waals surface area contributed by atoms with Crippen molar-refractivity contribution in [2.45, 2.75) is 25.3 Å². The number of rotatable bonds is 3. The first-order chi connectivity index (χ1) is 8.49. The summed E-state index contributed by atoms with van der Waals surface area (Å²) in [5.41, 5.74) is 13.9. The first-order valence-electron chi connectivity index (χ1n) is 5.92. The van der Waals surface area contributed by atoms with Gasteiger partial charge in [-0.05, 0) is 23.6 Å². The maximum absolute atomic E-state index is 11.6. The van der Waals surface area contributed by atoms with E-state index in [9.17, 15) is 9.59 Å². The van der Waals surface area contributed by atoms with Crippen LogP contribution in [0.4, 0.5) is 5.69 Å². The fourth-order valence-electron chi connectivity index (χ4n) is 2.24. The van der Waals surface area contributed by atoms with Crippen LogP contribution in [0.1, 0.15) is 30.0 Å². The number of hydrogen-bond acceptors (Lipinski definition) is 3. The average molecular weight is 247 g/mol. The first kappa shape index (κ1) is 12.6. The van der Waals surface area contributed by atoms with Crippen molar-refractivity contribution < 1.29 is 9.59 Å². The van der Waals surface area contributed by atoms with Crippen LogP contribution in [-0.2, 0) is 16.0 Å². The lowest BCUT2D eigenvalue weighted by molar-refractivity contribution is -0.119. The van der Waals surface area contributed by atoms with Crippen LogP contribution in [-0.4, -0.2) is 18.9 Å². The van der Waals surface area contributed by atoms with E-state index in [2.05, 4.69) is 0 Å². The molecular formula is C13H17N3O2. The van der Waals surface area contributed by atoms with Crippen molar-refractivity contribution in [2.24, 2.45) is 11.5 Å². The minimum absolute atomic E-state index is 0.122. The van der Waals surface area contributed by atoms with Crippen molar-refractivity contribution >= 4 is 17.5 Å². The van der Waals surface area contributed by atoms with Crippen LogP contribution in [0, 0.1) is 0 Å². The van der Waals surface area contributed by atoms with E-state index in [0.717, 1.165) is 23.2 Å². The Morgan fingerprint density at radius 2 is 2.17 bits per heavy atom. The molecule has 0 aromatic heterocycles. The van der Waals surface area contributed by atoms with E-state index >= 15 is 0 Å². The number of fused-ring (bicyclic) bond motifs is 1. The normalized spacial score (nSPS) is 16.3. The third kappa shape index (κ3) is 2.36. The molecule has 2 rings (SSSR count). The molecule has 0 saturated carbocycles. The fraction of sp³-hybridized carbons (Fsp3) is 0.385. The Morgan fingerprint density at radius 3 is 2.83 bits per heavy atom. The minimum atomic E-state index is -0.410. The van der Waals surface area contributed by atoms with Gasteiger partial charge < -0.3 is 16.4 Å². The summed E-state index contributed by atoms with van der Waals surface area (Å²) in [5, 5.41) is 0. The molecule has 5 heteroatoms. The Morgan fingerprint density at radius 1 is 1.44 bits per heavy atom. The van der Waals surface area contributed by atoms with Gasteiger partial charge >= 0.3 is 0 Å². The lowest BCUT2D eigenvalue weighted by Gasteiger charge is -2.26. The van der Waals surface area contributed by atoms with Gasteiger partial charge in [-0.2, -0.15) is 0 Å². The number of amides is 2. The zero-order valence-corrected chi connectivity index (χ0v) is 10.3. The highest BCUT2D eigenvalue weighted by atomic mass is 16.2. The van der Waals surface area contributed by atoms with Gasteiger partial charge in [0.25, 0.3) is 0 Å². The second-order valence-corrected chi connectivity index (χ2v) is 4.62. The van der Waals surface area contributed by atoms with Crippen LogP contribution >= 0.6 is 0 Å². The zero-order valence-electron chi connectivity index (χ0n) is 10.3. The number of aryl methyl sites for hydroxylation is 1. The standard InChI is InChI=1S/C13H17N3O2/c1-16-11-4-2-8(10(14)7-12(15)17)6-9(11)3-5-13(16)18/h2,4,6,10H,3,5,7,14H2,1H3,(H2,15,17). The monoisotopic (exact) mass is 247 g/mol. The van der Waals surface area contributed by atoms with Crippen LogP contribution in [0.5, 0.6) is 0 Å². The van der Waals surface area contributed by atoms with Crippen molar-refractivity contribution in [3.8, 4) is 0 Å². The molecule has 5 nitrogen and oxygen atoms in total. The van der Waals surface area contributed by atoms with Crippen LogP contribution in [0.2, 0.25) is 0 Å². The highest BCUT2D eigenvalue weighted by Gasteiger charge is 2.21. The first-order valence-corrected chi connectivity index (χ1v) is 5.92. The topological polar surface area (TPSA) is 89.4 Å². The quantitative estimate of drug-likeness (QED) is 0.813. The highest BCUT2D eigenvalue weighted by Crippen LogP contribution is 2.29. The van der Waals surface area contributed by atoms with E-state index in [1.165, 1.54) is 0 Å². The van der Waals surface area contributed by atoms with Crippen LogP contribution in [0.15, 0.2) is 18.2 Å². The Labute approximate surface area is 106 Å². The summed E-state index contributed by atoms with van der Waals surface area (Å²) >= 11 is 0. The Kier molecular flexibility index (Phi) is 3.34. The van der Waals surface area contributed by atoms with Crippen molar-refractivity contribution in [3.63, 3.8) is 0 Å². The molecule has 18 heavy (non-hydrogen) atoms. The zero-order chi connectivity index (χ0) is 13.3. The van der Waals surface area contributed by atoms with E-state index in [0.29, 0.717) is 6.42 Å². The Balaban J connectivity index is 2.28. The molecular weight excluding hydrogens is 230 g/mol. The predicted molar refractivity (Wildman–Crippen MR) is 68.9 cm³/mol. The molecule has 1 heterocycles. The number of benzene rings is 1. The van der Waals surface area contributed by atoms with Crippen molar-refractivity contribution in [3.05, 3.63) is 29.3 Å². The fourth-order valence-corrected chi connectivity index (χ4v) is 2.24. The van der Waals surface area contributed by atoms with E-state index in [-0.39, 0.29) is 18.4 Å². The molecule has 0 bridgehead atoms. The van der Waals surface area contributed by atoms with Crippen molar-refractivity contribution in [1.29, 1.82) is 0 Å². The highest BCUT2D eigenvalue weighted by molar-refractivity contribution is 5.95. The molecule has 0 fully saturated rings. The second-order valence-electron chi connectivity index (χ2n) is 4.62. The number of carbonyl (C=O) groups excluding carboxylic acids is 2. The SMILES string of the molecule is CN1C(=O)CCc2cc(C(N)CC(N)=O)ccc21. The van der Waals surface area contributed by atoms with E-state index in [1.807, 2.05) is 18.2 Å². The number of anilines is 1. The second kappa shape index (κ2) is 4.78. The van der Waals surface area contributed by atoms with Crippen molar-refractivity contribution in [1.82, 2.24) is 0 Å². The van der Waals surface area contributed by atoms with E-state index in [1.54, 1.807) is 11.9 Å². The summed E-state index contributed by atoms with van der Waals surface area (Å²) in [6.07, 6.45) is 1.36. The maximum atomic E-state index is 11.6. The lowest BCUT2D eigenvalue weighted by Crippen LogP contribution is -2.31. The summed E-state index contributed by atoms with van der Waals surface area (Å²) in [6, 6.07) is 5.31. The minimum Gasteiger partial charge on any atom is -0.370 e. The van der Waals surface area contributed by atoms with E-state index in [4.69, 9.17) is 11.5 Å². The summed E-state index contributed by atoms with van der Waals surface area (Å²) in [7, 11) is 1.77. The molecule has 96 valence electrons. The lowest BCUT2D eigenvalue weighted by atomic mass is 9.95. The number of primary amides is 1. The number of nitrogens with two attached hydrogens (primary N) is 2. The molecule has 0 spiro atoms. The Bertz CT molecular complexity index is 499. The Hall–Kier alpha value is -1.88. The number of hydrogen-bond donors (Lipinski definition) is 2. The van der Waals surface area contributed by atoms with E-state index < -0.39 is 5.91 Å². The van der Waals surface area contributed by atoms with Gasteiger partial charge in [-0.3, -0.25) is 9.59 Å². The molecule has 2 amide bonds.